The highest BCUT2D eigenvalue weighted by Crippen LogP contribution is 2.44. The molecule has 1 aliphatic heterocycles. The van der Waals surface area contributed by atoms with E-state index >= 15 is 0 Å². The molecule has 4 rings (SSSR count). The molecule has 2 aromatic carbocycles. The summed E-state index contributed by atoms with van der Waals surface area (Å²) in [6.45, 7) is -1.47. The SMILES string of the molecule is CN1CCC(c2c(O)cc(O)c3c(=O)cc(-c4ccc(C(F)(F)CF)cc4Cl)oc23)C1CO.Cl. The monoisotopic (exact) mass is 519 g/mol. The molecule has 0 radical (unpaired) electrons. The Kier molecular flexibility index (Phi) is 7.43. The number of aliphatic hydroxyl groups is 1. The topological polar surface area (TPSA) is 94.1 Å². The van der Waals surface area contributed by atoms with Crippen molar-refractivity contribution in [2.75, 3.05) is 26.9 Å². The molecule has 1 fully saturated rings. The number of hydrogen-bond donors (Lipinski definition) is 3. The van der Waals surface area contributed by atoms with E-state index in [0.717, 1.165) is 24.3 Å². The number of aliphatic hydroxyl groups excluding tert-OH is 1. The molecule has 1 aromatic heterocycles. The van der Waals surface area contributed by atoms with Crippen LogP contribution in [0.5, 0.6) is 11.5 Å². The number of halogens is 5. The van der Waals surface area contributed by atoms with Crippen LogP contribution >= 0.6 is 24.0 Å². The molecule has 0 aliphatic carbocycles. The first-order chi connectivity index (χ1) is 15.6. The highest BCUT2D eigenvalue weighted by atomic mass is 35.5. The van der Waals surface area contributed by atoms with Crippen molar-refractivity contribution in [1.29, 1.82) is 0 Å². The predicted molar refractivity (Wildman–Crippen MR) is 124 cm³/mol. The van der Waals surface area contributed by atoms with Gasteiger partial charge in [-0.3, -0.25) is 4.79 Å². The van der Waals surface area contributed by atoms with Gasteiger partial charge in [0.15, 0.2) is 12.1 Å². The quantitative estimate of drug-likeness (QED) is 0.448. The molecule has 0 amide bonds. The average molecular weight is 520 g/mol. The Labute approximate surface area is 203 Å². The fourth-order valence-electron chi connectivity index (χ4n) is 4.44. The lowest BCUT2D eigenvalue weighted by molar-refractivity contribution is -0.0280. The Balaban J connectivity index is 0.00000324. The van der Waals surface area contributed by atoms with E-state index in [1.165, 1.54) is 6.07 Å². The van der Waals surface area contributed by atoms with Gasteiger partial charge < -0.3 is 24.6 Å². The highest BCUT2D eigenvalue weighted by molar-refractivity contribution is 6.33. The molecule has 11 heteroatoms. The lowest BCUT2D eigenvalue weighted by Gasteiger charge is -2.24. The molecule has 0 bridgehead atoms. The van der Waals surface area contributed by atoms with E-state index in [2.05, 4.69) is 0 Å². The van der Waals surface area contributed by atoms with Crippen LogP contribution in [0.4, 0.5) is 13.2 Å². The molecule has 3 aromatic rings. The van der Waals surface area contributed by atoms with Crippen molar-refractivity contribution in [3.05, 3.63) is 56.7 Å². The second kappa shape index (κ2) is 9.65. The minimum atomic E-state index is -3.72. The van der Waals surface area contributed by atoms with Gasteiger partial charge in [0.1, 0.15) is 28.2 Å². The molecule has 0 saturated carbocycles. The van der Waals surface area contributed by atoms with Crippen molar-refractivity contribution in [1.82, 2.24) is 4.90 Å². The molecule has 2 heterocycles. The van der Waals surface area contributed by atoms with Crippen LogP contribution < -0.4 is 5.43 Å². The Morgan fingerprint density at radius 1 is 1.21 bits per heavy atom. The van der Waals surface area contributed by atoms with Gasteiger partial charge in [0.25, 0.3) is 0 Å². The second-order valence-electron chi connectivity index (χ2n) is 8.17. The summed E-state index contributed by atoms with van der Waals surface area (Å²) in [6, 6.07) is 4.83. The Morgan fingerprint density at radius 3 is 2.53 bits per heavy atom. The van der Waals surface area contributed by atoms with Crippen LogP contribution in [0, 0.1) is 0 Å². The van der Waals surface area contributed by atoms with Gasteiger partial charge in [0.05, 0.1) is 11.6 Å². The molecule has 1 saturated heterocycles. The number of likely N-dealkylation sites (N-methyl/N-ethyl adjacent to an activating group) is 1. The van der Waals surface area contributed by atoms with Crippen LogP contribution in [0.25, 0.3) is 22.3 Å². The summed E-state index contributed by atoms with van der Waals surface area (Å²) >= 11 is 6.17. The van der Waals surface area contributed by atoms with Gasteiger partial charge in [-0.25, -0.2) is 4.39 Å². The molecule has 184 valence electrons. The van der Waals surface area contributed by atoms with Gasteiger partial charge in [0, 0.05) is 40.8 Å². The number of alkyl halides is 3. The molecule has 2 atom stereocenters. The number of hydrogen-bond acceptors (Lipinski definition) is 6. The third-order valence-electron chi connectivity index (χ3n) is 6.20. The van der Waals surface area contributed by atoms with Gasteiger partial charge in [0.2, 0.25) is 0 Å². The van der Waals surface area contributed by atoms with Crippen molar-refractivity contribution in [3.8, 4) is 22.8 Å². The number of aromatic hydroxyl groups is 2. The minimum Gasteiger partial charge on any atom is -0.507 e. The maximum atomic E-state index is 13.7. The third kappa shape index (κ3) is 4.33. The largest absolute Gasteiger partial charge is 0.507 e. The lowest BCUT2D eigenvalue weighted by atomic mass is 9.89. The fraction of sp³-hybridized carbons (Fsp3) is 0.348. The summed E-state index contributed by atoms with van der Waals surface area (Å²) in [7, 11) is 1.82. The second-order valence-corrected chi connectivity index (χ2v) is 8.57. The summed E-state index contributed by atoms with van der Waals surface area (Å²) in [5.74, 6) is -4.98. The van der Waals surface area contributed by atoms with E-state index in [0.29, 0.717) is 13.0 Å². The Hall–Kier alpha value is -2.46. The molecule has 34 heavy (non-hydrogen) atoms. The number of phenols is 2. The fourth-order valence-corrected chi connectivity index (χ4v) is 4.72. The number of rotatable bonds is 5. The smallest absolute Gasteiger partial charge is 0.301 e. The van der Waals surface area contributed by atoms with E-state index in [4.69, 9.17) is 16.0 Å². The summed E-state index contributed by atoms with van der Waals surface area (Å²) < 4.78 is 46.0. The van der Waals surface area contributed by atoms with E-state index in [9.17, 15) is 33.3 Å². The normalized spacial score (nSPS) is 18.9. The van der Waals surface area contributed by atoms with Gasteiger partial charge in [-0.2, -0.15) is 8.78 Å². The van der Waals surface area contributed by atoms with E-state index in [1.54, 1.807) is 0 Å². The molecule has 3 N–H and O–H groups in total. The van der Waals surface area contributed by atoms with Gasteiger partial charge >= 0.3 is 5.92 Å². The summed E-state index contributed by atoms with van der Waals surface area (Å²) in [4.78, 5) is 14.8. The number of phenolic OH excluding ortho intramolecular Hbond substituents is 2. The summed E-state index contributed by atoms with van der Waals surface area (Å²) in [6.07, 6.45) is 0.552. The number of benzene rings is 2. The van der Waals surface area contributed by atoms with Crippen LogP contribution in [-0.4, -0.2) is 53.1 Å². The lowest BCUT2D eigenvalue weighted by Crippen LogP contribution is -2.32. The summed E-state index contributed by atoms with van der Waals surface area (Å²) in [5, 5.41) is 30.5. The molecule has 2 unspecified atom stereocenters. The van der Waals surface area contributed by atoms with Crippen LogP contribution in [-0.2, 0) is 5.92 Å². The zero-order chi connectivity index (χ0) is 24.1. The average Bonchev–Trinajstić information content (AvgIpc) is 3.12. The Bertz CT molecular complexity index is 1280. The molecular weight excluding hydrogens is 498 g/mol. The first kappa shape index (κ1) is 26.2. The van der Waals surface area contributed by atoms with Crippen LogP contribution in [0.2, 0.25) is 5.02 Å². The van der Waals surface area contributed by atoms with Crippen LogP contribution in [0.15, 0.2) is 39.5 Å². The molecule has 6 nitrogen and oxygen atoms in total. The Morgan fingerprint density at radius 2 is 1.91 bits per heavy atom. The van der Waals surface area contributed by atoms with Crippen molar-refractivity contribution in [2.45, 2.75) is 24.3 Å². The first-order valence-electron chi connectivity index (χ1n) is 10.2. The molecule has 1 aliphatic rings. The minimum absolute atomic E-state index is 0. The number of nitrogens with zero attached hydrogens (tertiary/aromatic N) is 1. The standard InChI is InChI=1S/C23H21ClF3NO5.ClH/c1-28-5-4-13(15(28)9-29)20-16(30)7-17(31)21-18(32)8-19(33-22(20)21)12-3-2-11(6-14(12)24)23(26,27)10-25;/h2-3,6-8,13,15,29-31H,4-5,9-10H2,1H3;1H. The highest BCUT2D eigenvalue weighted by Gasteiger charge is 2.37. The molecule has 0 spiro atoms. The van der Waals surface area contributed by atoms with Gasteiger partial charge in [-0.1, -0.05) is 17.7 Å². The van der Waals surface area contributed by atoms with Crippen molar-refractivity contribution in [2.24, 2.45) is 0 Å². The van der Waals surface area contributed by atoms with Crippen molar-refractivity contribution >= 4 is 35.0 Å². The number of fused-ring (bicyclic) bond motifs is 1. The van der Waals surface area contributed by atoms with E-state index in [1.807, 2.05) is 11.9 Å². The van der Waals surface area contributed by atoms with E-state index in [-0.39, 0.29) is 63.7 Å². The van der Waals surface area contributed by atoms with Crippen molar-refractivity contribution < 1.29 is 32.9 Å². The third-order valence-corrected chi connectivity index (χ3v) is 6.52. The maximum absolute atomic E-state index is 13.7. The van der Waals surface area contributed by atoms with Crippen LogP contribution in [0.1, 0.15) is 23.5 Å². The molecular formula is C23H22Cl2F3NO5. The zero-order valence-electron chi connectivity index (χ0n) is 17.9. The van der Waals surface area contributed by atoms with Gasteiger partial charge in [-0.15, -0.1) is 12.4 Å². The summed E-state index contributed by atoms with van der Waals surface area (Å²) in [5.41, 5.74) is -0.987. The van der Waals surface area contributed by atoms with Crippen molar-refractivity contribution in [3.63, 3.8) is 0 Å². The van der Waals surface area contributed by atoms with Gasteiger partial charge in [-0.05, 0) is 32.1 Å². The predicted octanol–water partition coefficient (Wildman–Crippen LogP) is 4.79. The van der Waals surface area contributed by atoms with E-state index < -0.39 is 35.3 Å². The zero-order valence-corrected chi connectivity index (χ0v) is 19.5. The number of likely N-dealkylation sites (tertiary alicyclic amines) is 1. The van der Waals surface area contributed by atoms with Crippen LogP contribution in [0.3, 0.4) is 0 Å². The first-order valence-corrected chi connectivity index (χ1v) is 10.5. The maximum Gasteiger partial charge on any atom is 0.301 e.